The van der Waals surface area contributed by atoms with Crippen LogP contribution in [0.2, 0.25) is 0 Å². The maximum absolute atomic E-state index is 13.5. The van der Waals surface area contributed by atoms with E-state index in [2.05, 4.69) is 15.8 Å². The Labute approximate surface area is 169 Å². The number of hydrogen-bond acceptors (Lipinski definition) is 5. The zero-order valence-electron chi connectivity index (χ0n) is 15.9. The summed E-state index contributed by atoms with van der Waals surface area (Å²) in [6.07, 6.45) is -4.58. The third kappa shape index (κ3) is 3.40. The summed E-state index contributed by atoms with van der Waals surface area (Å²) in [4.78, 5) is 13.7. The third-order valence-corrected chi connectivity index (χ3v) is 4.80. The Hall–Kier alpha value is -3.69. The van der Waals surface area contributed by atoms with E-state index in [1.807, 2.05) is 0 Å². The highest BCUT2D eigenvalue weighted by Crippen LogP contribution is 2.43. The molecule has 1 aliphatic heterocycles. The van der Waals surface area contributed by atoms with Crippen LogP contribution in [0.15, 0.2) is 53.1 Å². The fourth-order valence-corrected chi connectivity index (χ4v) is 3.32. The molecule has 1 atom stereocenters. The lowest BCUT2D eigenvalue weighted by Gasteiger charge is -2.30. The number of alkyl halides is 3. The van der Waals surface area contributed by atoms with E-state index < -0.39 is 23.8 Å². The summed E-state index contributed by atoms with van der Waals surface area (Å²) in [6.45, 7) is 0. The molecule has 0 spiro atoms. The van der Waals surface area contributed by atoms with Gasteiger partial charge in [-0.2, -0.15) is 13.2 Å². The molecular weight excluding hydrogens is 401 g/mol. The normalized spacial score (nSPS) is 16.1. The molecule has 7 nitrogen and oxygen atoms in total. The van der Waals surface area contributed by atoms with Crippen LogP contribution >= 0.6 is 0 Å². The minimum absolute atomic E-state index is 0.114. The maximum atomic E-state index is 13.5. The maximum Gasteiger partial charge on any atom is 0.416 e. The first-order valence-electron chi connectivity index (χ1n) is 8.90. The van der Waals surface area contributed by atoms with Crippen LogP contribution in [-0.4, -0.2) is 25.3 Å². The van der Waals surface area contributed by atoms with E-state index in [0.717, 1.165) is 6.07 Å². The van der Waals surface area contributed by atoms with Crippen molar-refractivity contribution in [3.05, 3.63) is 65.4 Å². The highest BCUT2D eigenvalue weighted by atomic mass is 19.4. The molecule has 156 valence electrons. The van der Waals surface area contributed by atoms with Crippen molar-refractivity contribution in [2.75, 3.05) is 24.4 Å². The Kier molecular flexibility index (Phi) is 4.76. The Morgan fingerprint density at radius 1 is 1.17 bits per heavy atom. The number of carbonyl (C=O) groups is 1. The molecule has 2 heterocycles. The second kappa shape index (κ2) is 7.29. The molecule has 10 heteroatoms. The molecule has 1 unspecified atom stereocenters. The van der Waals surface area contributed by atoms with E-state index in [-0.39, 0.29) is 22.8 Å². The summed E-state index contributed by atoms with van der Waals surface area (Å²) < 4.78 is 51.0. The van der Waals surface area contributed by atoms with Crippen LogP contribution in [0, 0.1) is 0 Å². The minimum atomic E-state index is -4.58. The first-order chi connectivity index (χ1) is 14.3. The molecule has 30 heavy (non-hydrogen) atoms. The number of amides is 2. The molecule has 0 saturated carbocycles. The van der Waals surface area contributed by atoms with Crippen LogP contribution in [0.5, 0.6) is 5.75 Å². The summed E-state index contributed by atoms with van der Waals surface area (Å²) in [5.41, 5.74) is 0.0956. The highest BCUT2D eigenvalue weighted by Gasteiger charge is 2.41. The number of hydrogen-bond donors (Lipinski definition) is 2. The van der Waals surface area contributed by atoms with Gasteiger partial charge in [0.25, 0.3) is 5.88 Å². The van der Waals surface area contributed by atoms with Crippen molar-refractivity contribution in [1.29, 1.82) is 0 Å². The van der Waals surface area contributed by atoms with Gasteiger partial charge in [0.2, 0.25) is 0 Å². The van der Waals surface area contributed by atoms with Crippen LogP contribution in [0.25, 0.3) is 0 Å². The van der Waals surface area contributed by atoms with Crippen LogP contribution < -0.4 is 20.3 Å². The van der Waals surface area contributed by atoms with Crippen molar-refractivity contribution in [3.8, 4) is 5.75 Å². The molecular formula is C20H17F3N4O3. The van der Waals surface area contributed by atoms with Crippen molar-refractivity contribution in [2.45, 2.75) is 12.2 Å². The lowest BCUT2D eigenvalue weighted by molar-refractivity contribution is -0.138. The first-order valence-corrected chi connectivity index (χ1v) is 8.90. The molecule has 0 saturated heterocycles. The molecule has 3 aromatic rings. The minimum Gasteiger partial charge on any atom is -0.497 e. The van der Waals surface area contributed by atoms with Crippen LogP contribution in [0.3, 0.4) is 0 Å². The number of anilines is 3. The van der Waals surface area contributed by atoms with Crippen LogP contribution in [0.1, 0.15) is 22.9 Å². The number of methoxy groups -OCH3 is 1. The van der Waals surface area contributed by atoms with Crippen molar-refractivity contribution in [1.82, 2.24) is 10.5 Å². The number of nitrogens with zero attached hydrogens (tertiary/aromatic N) is 2. The zero-order valence-corrected chi connectivity index (χ0v) is 15.9. The fourth-order valence-electron chi connectivity index (χ4n) is 3.32. The number of halogens is 3. The molecule has 0 radical (unpaired) electrons. The summed E-state index contributed by atoms with van der Waals surface area (Å²) in [5.74, 6) is 0.794. The highest BCUT2D eigenvalue weighted by molar-refractivity contribution is 5.98. The van der Waals surface area contributed by atoms with Gasteiger partial charge in [-0.15, -0.1) is 0 Å². The van der Waals surface area contributed by atoms with Gasteiger partial charge < -0.3 is 19.9 Å². The molecule has 1 aliphatic rings. The van der Waals surface area contributed by atoms with Crippen LogP contribution in [-0.2, 0) is 6.18 Å². The molecule has 2 aromatic carbocycles. The Bertz CT molecular complexity index is 1080. The Balaban J connectivity index is 1.76. The summed E-state index contributed by atoms with van der Waals surface area (Å²) in [5, 5.41) is 9.53. The molecule has 2 amide bonds. The van der Waals surface area contributed by atoms with E-state index >= 15 is 0 Å². The lowest BCUT2D eigenvalue weighted by atomic mass is 9.95. The predicted molar refractivity (Wildman–Crippen MR) is 103 cm³/mol. The number of nitrogens with one attached hydrogen (secondary N) is 2. The molecule has 2 N–H and O–H groups in total. The van der Waals surface area contributed by atoms with E-state index in [1.54, 1.807) is 31.4 Å². The number of carbonyl (C=O) groups excluding carboxylic acids is 1. The van der Waals surface area contributed by atoms with Gasteiger partial charge >= 0.3 is 12.2 Å². The predicted octanol–water partition coefficient (Wildman–Crippen LogP) is 4.69. The monoisotopic (exact) mass is 418 g/mol. The van der Waals surface area contributed by atoms with E-state index in [9.17, 15) is 18.0 Å². The largest absolute Gasteiger partial charge is 0.497 e. The second-order valence-electron chi connectivity index (χ2n) is 6.63. The van der Waals surface area contributed by atoms with Gasteiger partial charge in [0.15, 0.2) is 0 Å². The Morgan fingerprint density at radius 2 is 1.87 bits per heavy atom. The number of ether oxygens (including phenoxy) is 1. The first kappa shape index (κ1) is 19.6. The SMILES string of the molecule is COc1ccc(Nc2onc3c2N(C)C(=O)NC3c2ccccc2C(F)(F)F)cc1. The summed E-state index contributed by atoms with van der Waals surface area (Å²) in [6, 6.07) is 10.3. The zero-order chi connectivity index (χ0) is 21.5. The van der Waals surface area contributed by atoms with Gasteiger partial charge in [-0.05, 0) is 35.9 Å². The number of benzene rings is 2. The molecule has 0 fully saturated rings. The van der Waals surface area contributed by atoms with Gasteiger partial charge in [0.1, 0.15) is 23.2 Å². The quantitative estimate of drug-likeness (QED) is 0.642. The second-order valence-corrected chi connectivity index (χ2v) is 6.63. The number of fused-ring (bicyclic) bond motifs is 1. The fraction of sp³-hybridized carbons (Fsp3) is 0.200. The van der Waals surface area contributed by atoms with Crippen molar-refractivity contribution < 1.29 is 27.2 Å². The number of urea groups is 1. The van der Waals surface area contributed by atoms with Gasteiger partial charge in [-0.25, -0.2) is 4.79 Å². The number of rotatable bonds is 4. The Morgan fingerprint density at radius 3 is 2.53 bits per heavy atom. The van der Waals surface area contributed by atoms with E-state index in [1.165, 1.54) is 30.1 Å². The lowest BCUT2D eigenvalue weighted by Crippen LogP contribution is -2.45. The van der Waals surface area contributed by atoms with E-state index in [4.69, 9.17) is 9.26 Å². The third-order valence-electron chi connectivity index (χ3n) is 4.80. The van der Waals surface area contributed by atoms with Gasteiger partial charge in [0.05, 0.1) is 12.7 Å². The van der Waals surface area contributed by atoms with Gasteiger partial charge in [0, 0.05) is 12.7 Å². The smallest absolute Gasteiger partial charge is 0.416 e. The van der Waals surface area contributed by atoms with Crippen molar-refractivity contribution in [3.63, 3.8) is 0 Å². The van der Waals surface area contributed by atoms with Gasteiger partial charge in [-0.1, -0.05) is 23.4 Å². The van der Waals surface area contributed by atoms with Crippen molar-refractivity contribution >= 4 is 23.3 Å². The standard InChI is InChI=1S/C20H17F3N4O3/c1-27-17-16(26-30-18(17)24-11-7-9-12(29-2)10-8-11)15(25-19(27)28)13-5-3-4-6-14(13)20(21,22)23/h3-10,15,24H,1-2H3,(H,25,28). The molecule has 1 aromatic heterocycles. The molecule has 4 rings (SSSR count). The van der Waals surface area contributed by atoms with Crippen molar-refractivity contribution in [2.24, 2.45) is 0 Å². The molecule has 0 aliphatic carbocycles. The summed E-state index contributed by atoms with van der Waals surface area (Å²) in [7, 11) is 3.03. The summed E-state index contributed by atoms with van der Waals surface area (Å²) >= 11 is 0. The number of aromatic nitrogens is 1. The van der Waals surface area contributed by atoms with E-state index in [0.29, 0.717) is 11.4 Å². The van der Waals surface area contributed by atoms with Gasteiger partial charge in [-0.3, -0.25) is 4.90 Å². The topological polar surface area (TPSA) is 79.6 Å². The average molecular weight is 418 g/mol. The van der Waals surface area contributed by atoms with Crippen LogP contribution in [0.4, 0.5) is 35.2 Å². The molecule has 0 bridgehead atoms. The average Bonchev–Trinajstić information content (AvgIpc) is 3.14.